The van der Waals surface area contributed by atoms with E-state index in [0.29, 0.717) is 12.1 Å². The lowest BCUT2D eigenvalue weighted by molar-refractivity contribution is 0.0919. The first-order chi connectivity index (χ1) is 13.4. The summed E-state index contributed by atoms with van der Waals surface area (Å²) < 4.78 is 0. The minimum absolute atomic E-state index is 0. The van der Waals surface area contributed by atoms with Crippen LogP contribution in [0, 0.1) is 0 Å². The normalized spacial score (nSPS) is 11.4. The summed E-state index contributed by atoms with van der Waals surface area (Å²) in [5.74, 6) is 1.64. The van der Waals surface area contributed by atoms with Gasteiger partial charge in [-0.3, -0.25) is 9.79 Å². The van der Waals surface area contributed by atoms with Crippen molar-refractivity contribution < 1.29 is 4.79 Å². The Balaban J connectivity index is 0.00000420. The fourth-order valence-electron chi connectivity index (χ4n) is 2.50. The molecule has 0 radical (unpaired) electrons. The number of rotatable bonds is 7. The molecule has 0 saturated heterocycles. The van der Waals surface area contributed by atoms with Crippen molar-refractivity contribution in [3.63, 3.8) is 0 Å². The first-order valence-corrected chi connectivity index (χ1v) is 10.4. The van der Waals surface area contributed by atoms with Crippen molar-refractivity contribution in [2.45, 2.75) is 37.8 Å². The van der Waals surface area contributed by atoms with Crippen molar-refractivity contribution in [3.8, 4) is 0 Å². The predicted octanol–water partition coefficient (Wildman–Crippen LogP) is 4.29. The van der Waals surface area contributed by atoms with Crippen LogP contribution in [0.5, 0.6) is 0 Å². The lowest BCUT2D eigenvalue weighted by Crippen LogP contribution is -2.40. The summed E-state index contributed by atoms with van der Waals surface area (Å²) >= 11 is 1.81. The Morgan fingerprint density at radius 3 is 2.41 bits per heavy atom. The van der Waals surface area contributed by atoms with Crippen LogP contribution in [0.3, 0.4) is 0 Å². The van der Waals surface area contributed by atoms with E-state index in [1.165, 1.54) is 4.90 Å². The summed E-state index contributed by atoms with van der Waals surface area (Å²) in [6, 6.07) is 18.0. The first kappa shape index (κ1) is 25.3. The van der Waals surface area contributed by atoms with Crippen molar-refractivity contribution in [1.82, 2.24) is 16.0 Å². The van der Waals surface area contributed by atoms with Crippen LogP contribution in [0.1, 0.15) is 36.7 Å². The van der Waals surface area contributed by atoms with E-state index in [2.05, 4.69) is 33.1 Å². The van der Waals surface area contributed by atoms with Crippen LogP contribution in [0.4, 0.5) is 0 Å². The number of guanidine groups is 1. The fraction of sp³-hybridized carbons (Fsp3) is 0.364. The van der Waals surface area contributed by atoms with Crippen LogP contribution in [-0.4, -0.2) is 36.8 Å². The number of aliphatic imine (C=N–C) groups is 1. The Kier molecular flexibility index (Phi) is 11.1. The summed E-state index contributed by atoms with van der Waals surface area (Å²) in [5.41, 5.74) is 1.44. The molecule has 7 heteroatoms. The number of hydrogen-bond acceptors (Lipinski definition) is 3. The van der Waals surface area contributed by atoms with E-state index in [-0.39, 0.29) is 35.4 Å². The van der Waals surface area contributed by atoms with Gasteiger partial charge in [-0.25, -0.2) is 0 Å². The van der Waals surface area contributed by atoms with Crippen LogP contribution in [0.25, 0.3) is 0 Å². The molecule has 2 aromatic carbocycles. The first-order valence-electron chi connectivity index (χ1n) is 9.41. The third kappa shape index (κ3) is 10.0. The van der Waals surface area contributed by atoms with Gasteiger partial charge in [-0.1, -0.05) is 30.3 Å². The van der Waals surface area contributed by atoms with E-state index >= 15 is 0 Å². The molecule has 2 aromatic rings. The minimum Gasteiger partial charge on any atom is -0.356 e. The average Bonchev–Trinajstić information content (AvgIpc) is 2.67. The quantitative estimate of drug-likeness (QED) is 0.166. The summed E-state index contributed by atoms with van der Waals surface area (Å²) in [5, 5.41) is 9.60. The highest BCUT2D eigenvalue weighted by molar-refractivity contribution is 14.0. The zero-order valence-corrected chi connectivity index (χ0v) is 20.6. The molecule has 0 saturated carbocycles. The molecule has 5 nitrogen and oxygen atoms in total. The van der Waals surface area contributed by atoms with Crippen molar-refractivity contribution in [2.24, 2.45) is 4.99 Å². The number of carbonyl (C=O) groups is 1. The maximum Gasteiger partial charge on any atom is 0.251 e. The van der Waals surface area contributed by atoms with E-state index in [1.54, 1.807) is 7.05 Å². The number of halogens is 1. The molecule has 1 amide bonds. The number of hydrogen-bond donors (Lipinski definition) is 3. The molecular formula is C22H31IN4OS. The molecule has 0 aliphatic carbocycles. The Labute approximate surface area is 195 Å². The van der Waals surface area contributed by atoms with Crippen molar-refractivity contribution in [2.75, 3.05) is 19.3 Å². The smallest absolute Gasteiger partial charge is 0.251 e. The second-order valence-electron chi connectivity index (χ2n) is 7.42. The highest BCUT2D eigenvalue weighted by atomic mass is 127. The van der Waals surface area contributed by atoms with Crippen LogP contribution in [-0.2, 0) is 6.54 Å². The third-order valence-electron chi connectivity index (χ3n) is 3.77. The monoisotopic (exact) mass is 526 g/mol. The van der Waals surface area contributed by atoms with E-state index in [1.807, 2.05) is 75.0 Å². The van der Waals surface area contributed by atoms with Gasteiger partial charge in [0.15, 0.2) is 5.96 Å². The van der Waals surface area contributed by atoms with Gasteiger partial charge in [0.05, 0.1) is 0 Å². The number of nitrogens with one attached hydrogen (secondary N) is 3. The summed E-state index contributed by atoms with van der Waals surface area (Å²) in [7, 11) is 1.76. The molecule has 2 rings (SSSR count). The number of amides is 1. The van der Waals surface area contributed by atoms with E-state index in [4.69, 9.17) is 0 Å². The molecule has 0 aromatic heterocycles. The number of benzene rings is 2. The Hall–Kier alpha value is -1.74. The maximum atomic E-state index is 12.3. The Morgan fingerprint density at radius 2 is 1.76 bits per heavy atom. The standard InChI is InChI=1S/C22H30N4OS.HI/c1-22(2,3)26-20(27)18-10-8-9-17(15-18)16-25-21(23-4)24-13-14-28-19-11-6-5-7-12-19;/h5-12,15H,13-14,16H2,1-4H3,(H,26,27)(H2,23,24,25);1H. The van der Waals surface area contributed by atoms with Gasteiger partial charge in [-0.15, -0.1) is 35.7 Å². The SMILES string of the molecule is CN=C(NCCSc1ccccc1)NCc1cccc(C(=O)NC(C)(C)C)c1.I. The van der Waals surface area contributed by atoms with Gasteiger partial charge >= 0.3 is 0 Å². The zero-order chi connectivity index (χ0) is 20.4. The van der Waals surface area contributed by atoms with Gasteiger partial charge < -0.3 is 16.0 Å². The highest BCUT2D eigenvalue weighted by Gasteiger charge is 2.15. The molecule has 0 aliphatic heterocycles. The maximum absolute atomic E-state index is 12.3. The predicted molar refractivity (Wildman–Crippen MR) is 134 cm³/mol. The minimum atomic E-state index is -0.255. The molecule has 158 valence electrons. The van der Waals surface area contributed by atoms with E-state index in [9.17, 15) is 4.79 Å². The molecule has 29 heavy (non-hydrogen) atoms. The van der Waals surface area contributed by atoms with Crippen molar-refractivity contribution in [1.29, 1.82) is 0 Å². The molecule has 0 heterocycles. The topological polar surface area (TPSA) is 65.5 Å². The van der Waals surface area contributed by atoms with Crippen LogP contribution >= 0.6 is 35.7 Å². The summed E-state index contributed by atoms with van der Waals surface area (Å²) in [6.45, 7) is 7.33. The van der Waals surface area contributed by atoms with Crippen LogP contribution in [0.15, 0.2) is 64.5 Å². The molecule has 0 fully saturated rings. The molecule has 0 atom stereocenters. The largest absolute Gasteiger partial charge is 0.356 e. The third-order valence-corrected chi connectivity index (χ3v) is 4.78. The number of thioether (sulfide) groups is 1. The molecule has 0 unspecified atom stereocenters. The molecule has 0 aliphatic rings. The van der Waals surface area contributed by atoms with Gasteiger partial charge in [0.1, 0.15) is 0 Å². The van der Waals surface area contributed by atoms with Gasteiger partial charge in [0.2, 0.25) is 0 Å². The van der Waals surface area contributed by atoms with E-state index < -0.39 is 0 Å². The van der Waals surface area contributed by atoms with Crippen LogP contribution in [0.2, 0.25) is 0 Å². The molecule has 0 spiro atoms. The lowest BCUT2D eigenvalue weighted by Gasteiger charge is -2.20. The molecule has 0 bridgehead atoms. The fourth-order valence-corrected chi connectivity index (χ4v) is 3.29. The van der Waals surface area contributed by atoms with Crippen LogP contribution < -0.4 is 16.0 Å². The Morgan fingerprint density at radius 1 is 1.03 bits per heavy atom. The average molecular weight is 526 g/mol. The molecular weight excluding hydrogens is 495 g/mol. The zero-order valence-electron chi connectivity index (χ0n) is 17.5. The molecule has 3 N–H and O–H groups in total. The van der Waals surface area contributed by atoms with E-state index in [0.717, 1.165) is 23.8 Å². The van der Waals surface area contributed by atoms with Gasteiger partial charge in [0.25, 0.3) is 5.91 Å². The summed E-state index contributed by atoms with van der Waals surface area (Å²) in [4.78, 5) is 17.8. The van der Waals surface area contributed by atoms with Gasteiger partial charge in [-0.2, -0.15) is 0 Å². The second-order valence-corrected chi connectivity index (χ2v) is 8.59. The van der Waals surface area contributed by atoms with Crippen molar-refractivity contribution >= 4 is 47.6 Å². The summed E-state index contributed by atoms with van der Waals surface area (Å²) in [6.07, 6.45) is 0. The van der Waals surface area contributed by atoms with Gasteiger partial charge in [0, 0.05) is 41.9 Å². The Bertz CT molecular complexity index is 791. The second kappa shape index (κ2) is 12.7. The van der Waals surface area contributed by atoms with Crippen molar-refractivity contribution in [3.05, 3.63) is 65.7 Å². The highest BCUT2D eigenvalue weighted by Crippen LogP contribution is 2.15. The van der Waals surface area contributed by atoms with Gasteiger partial charge in [-0.05, 0) is 50.6 Å². The number of nitrogens with zero attached hydrogens (tertiary/aromatic N) is 1. The number of carbonyl (C=O) groups excluding carboxylic acids is 1. The lowest BCUT2D eigenvalue weighted by atomic mass is 10.1.